The number of ether oxygens (including phenoxy) is 2. The minimum absolute atomic E-state index is 0.0261. The van der Waals surface area contributed by atoms with Gasteiger partial charge in [0.05, 0.1) is 18.2 Å². The molecule has 3 rings (SSSR count). The van der Waals surface area contributed by atoms with Gasteiger partial charge < -0.3 is 19.4 Å². The first-order chi connectivity index (χ1) is 12.7. The lowest BCUT2D eigenvalue weighted by Gasteiger charge is -2.11. The number of nitrogens with zero attached hydrogens (tertiary/aromatic N) is 3. The largest absolute Gasteiger partial charge is 0.382 e. The Morgan fingerprint density at radius 1 is 1.27 bits per heavy atom. The summed E-state index contributed by atoms with van der Waals surface area (Å²) < 4.78 is 12.2. The van der Waals surface area contributed by atoms with Crippen LogP contribution in [0.15, 0.2) is 18.2 Å². The van der Waals surface area contributed by atoms with Crippen molar-refractivity contribution in [1.82, 2.24) is 14.8 Å². The van der Waals surface area contributed by atoms with Gasteiger partial charge in [-0.3, -0.25) is 4.79 Å². The van der Waals surface area contributed by atoms with Crippen LogP contribution in [0.5, 0.6) is 0 Å². The zero-order valence-corrected chi connectivity index (χ0v) is 15.6. The fourth-order valence-electron chi connectivity index (χ4n) is 2.96. The summed E-state index contributed by atoms with van der Waals surface area (Å²) in [6, 6.07) is 5.35. The van der Waals surface area contributed by atoms with Crippen molar-refractivity contribution in [3.05, 3.63) is 29.0 Å². The van der Waals surface area contributed by atoms with E-state index in [1.807, 2.05) is 6.07 Å². The molecule has 26 heavy (non-hydrogen) atoms. The maximum atomic E-state index is 12.0. The minimum atomic E-state index is -0.227. The third kappa shape index (κ3) is 4.60. The number of anilines is 1. The van der Waals surface area contributed by atoms with Gasteiger partial charge in [-0.05, 0) is 31.0 Å². The first-order valence-corrected chi connectivity index (χ1v) is 9.15. The number of rotatable bonds is 7. The molecule has 1 aromatic carbocycles. The Kier molecular flexibility index (Phi) is 6.60. The number of benzene rings is 1. The van der Waals surface area contributed by atoms with E-state index in [1.165, 1.54) is 6.42 Å². The summed E-state index contributed by atoms with van der Waals surface area (Å²) in [6.07, 6.45) is 4.35. The zero-order valence-electron chi connectivity index (χ0n) is 14.8. The molecule has 1 aliphatic rings. The molecule has 0 saturated carbocycles. The highest BCUT2D eigenvalue weighted by molar-refractivity contribution is 6.33. The minimum Gasteiger partial charge on any atom is -0.382 e. The number of aryl methyl sites for hydroxylation is 1. The molecule has 0 unspecified atom stereocenters. The van der Waals surface area contributed by atoms with Crippen LogP contribution in [0.2, 0.25) is 5.02 Å². The lowest BCUT2D eigenvalue weighted by atomic mass is 10.1. The standard InChI is InChI=1S/C18H23ClN4O3/c1-25-9-10-26-12-17(24)20-13-6-7-15(19)14(11-13)18-22-21-16-5-3-2-4-8-23(16)18/h6-7,11H,2-5,8-10,12H2,1H3,(H,20,24). The molecule has 0 atom stereocenters. The molecular formula is C18H23ClN4O3. The normalized spacial score (nSPS) is 13.9. The van der Waals surface area contributed by atoms with E-state index in [-0.39, 0.29) is 12.5 Å². The molecule has 1 N–H and O–H groups in total. The van der Waals surface area contributed by atoms with Crippen LogP contribution < -0.4 is 5.32 Å². The van der Waals surface area contributed by atoms with Gasteiger partial charge in [-0.2, -0.15) is 0 Å². The zero-order chi connectivity index (χ0) is 18.4. The van der Waals surface area contributed by atoms with Gasteiger partial charge in [0, 0.05) is 31.3 Å². The number of amides is 1. The molecule has 1 aliphatic heterocycles. The number of nitrogens with one attached hydrogen (secondary N) is 1. The van der Waals surface area contributed by atoms with E-state index in [0.717, 1.165) is 43.0 Å². The molecule has 2 heterocycles. The van der Waals surface area contributed by atoms with Gasteiger partial charge in [0.2, 0.25) is 5.91 Å². The Morgan fingerprint density at radius 2 is 2.15 bits per heavy atom. The Morgan fingerprint density at radius 3 is 3.00 bits per heavy atom. The summed E-state index contributed by atoms with van der Waals surface area (Å²) >= 11 is 6.39. The predicted octanol–water partition coefficient (Wildman–Crippen LogP) is 2.93. The first-order valence-electron chi connectivity index (χ1n) is 8.77. The number of methoxy groups -OCH3 is 1. The molecule has 0 bridgehead atoms. The SMILES string of the molecule is COCCOCC(=O)Nc1ccc(Cl)c(-c2nnc3n2CCCCC3)c1. The summed E-state index contributed by atoms with van der Waals surface area (Å²) in [5.41, 5.74) is 1.42. The second-order valence-corrected chi connectivity index (χ2v) is 6.60. The van der Waals surface area contributed by atoms with Gasteiger partial charge in [0.25, 0.3) is 0 Å². The molecular weight excluding hydrogens is 356 g/mol. The Labute approximate surface area is 157 Å². The topological polar surface area (TPSA) is 78.3 Å². The first kappa shape index (κ1) is 18.8. The maximum Gasteiger partial charge on any atom is 0.250 e. The number of hydrogen-bond donors (Lipinski definition) is 1. The van der Waals surface area contributed by atoms with Crippen LogP contribution in [-0.4, -0.2) is 47.6 Å². The second kappa shape index (κ2) is 9.12. The molecule has 0 radical (unpaired) electrons. The Hall–Kier alpha value is -1.96. The molecule has 140 valence electrons. The highest BCUT2D eigenvalue weighted by atomic mass is 35.5. The molecule has 0 aliphatic carbocycles. The van der Waals surface area contributed by atoms with Crippen molar-refractivity contribution < 1.29 is 14.3 Å². The molecule has 1 amide bonds. The van der Waals surface area contributed by atoms with Crippen molar-refractivity contribution in [2.24, 2.45) is 0 Å². The van der Waals surface area contributed by atoms with Crippen LogP contribution in [0, 0.1) is 0 Å². The van der Waals surface area contributed by atoms with Crippen molar-refractivity contribution >= 4 is 23.2 Å². The van der Waals surface area contributed by atoms with Crippen LogP contribution in [-0.2, 0) is 27.2 Å². The fraction of sp³-hybridized carbons (Fsp3) is 0.500. The second-order valence-electron chi connectivity index (χ2n) is 6.19. The van der Waals surface area contributed by atoms with Gasteiger partial charge in [-0.15, -0.1) is 10.2 Å². The average Bonchev–Trinajstić information content (AvgIpc) is 2.88. The van der Waals surface area contributed by atoms with Crippen LogP contribution >= 0.6 is 11.6 Å². The van der Waals surface area contributed by atoms with E-state index in [2.05, 4.69) is 20.1 Å². The molecule has 0 saturated heterocycles. The highest BCUT2D eigenvalue weighted by Gasteiger charge is 2.18. The summed E-state index contributed by atoms with van der Waals surface area (Å²) in [6.45, 7) is 1.69. The Bertz CT molecular complexity index is 763. The molecule has 8 heteroatoms. The van der Waals surface area contributed by atoms with Gasteiger partial charge in [-0.1, -0.05) is 18.0 Å². The molecule has 2 aromatic rings. The summed E-state index contributed by atoms with van der Waals surface area (Å²) in [5, 5.41) is 12.1. The van der Waals surface area contributed by atoms with Crippen LogP contribution in [0.25, 0.3) is 11.4 Å². The lowest BCUT2D eigenvalue weighted by molar-refractivity contribution is -0.121. The highest BCUT2D eigenvalue weighted by Crippen LogP contribution is 2.31. The fourth-order valence-corrected chi connectivity index (χ4v) is 3.16. The lowest BCUT2D eigenvalue weighted by Crippen LogP contribution is -2.19. The number of halogens is 1. The van der Waals surface area contributed by atoms with Crippen molar-refractivity contribution in [3.8, 4) is 11.4 Å². The van der Waals surface area contributed by atoms with E-state index < -0.39 is 0 Å². The van der Waals surface area contributed by atoms with Gasteiger partial charge in [-0.25, -0.2) is 0 Å². The number of fused-ring (bicyclic) bond motifs is 1. The van der Waals surface area contributed by atoms with Gasteiger partial charge >= 0.3 is 0 Å². The molecule has 0 fully saturated rings. The van der Waals surface area contributed by atoms with E-state index in [4.69, 9.17) is 21.1 Å². The number of hydrogen-bond acceptors (Lipinski definition) is 5. The van der Waals surface area contributed by atoms with Gasteiger partial charge in [0.15, 0.2) is 5.82 Å². The van der Waals surface area contributed by atoms with Crippen molar-refractivity contribution in [2.75, 3.05) is 32.2 Å². The van der Waals surface area contributed by atoms with Gasteiger partial charge in [0.1, 0.15) is 12.4 Å². The van der Waals surface area contributed by atoms with Crippen LogP contribution in [0.4, 0.5) is 5.69 Å². The van der Waals surface area contributed by atoms with Crippen molar-refractivity contribution in [2.45, 2.75) is 32.2 Å². The Balaban J connectivity index is 1.74. The maximum absolute atomic E-state index is 12.0. The quantitative estimate of drug-likeness (QED) is 0.749. The van der Waals surface area contributed by atoms with E-state index in [0.29, 0.717) is 23.9 Å². The molecule has 1 aromatic heterocycles. The van der Waals surface area contributed by atoms with E-state index in [1.54, 1.807) is 19.2 Å². The molecule has 7 nitrogen and oxygen atoms in total. The summed E-state index contributed by atoms with van der Waals surface area (Å²) in [5.74, 6) is 1.52. The third-order valence-corrected chi connectivity index (χ3v) is 4.60. The van der Waals surface area contributed by atoms with E-state index in [9.17, 15) is 4.79 Å². The summed E-state index contributed by atoms with van der Waals surface area (Å²) in [7, 11) is 1.59. The average molecular weight is 379 g/mol. The number of carbonyl (C=O) groups excluding carboxylic acids is 1. The van der Waals surface area contributed by atoms with Crippen molar-refractivity contribution in [1.29, 1.82) is 0 Å². The predicted molar refractivity (Wildman–Crippen MR) is 99.3 cm³/mol. The monoisotopic (exact) mass is 378 g/mol. The van der Waals surface area contributed by atoms with Crippen molar-refractivity contribution in [3.63, 3.8) is 0 Å². The molecule has 0 spiro atoms. The summed E-state index contributed by atoms with van der Waals surface area (Å²) in [4.78, 5) is 12.0. The third-order valence-electron chi connectivity index (χ3n) is 4.27. The smallest absolute Gasteiger partial charge is 0.250 e. The van der Waals surface area contributed by atoms with Crippen LogP contribution in [0.3, 0.4) is 0 Å². The number of aromatic nitrogens is 3. The van der Waals surface area contributed by atoms with Crippen LogP contribution in [0.1, 0.15) is 25.1 Å². The van der Waals surface area contributed by atoms with E-state index >= 15 is 0 Å². The number of carbonyl (C=O) groups is 1.